The highest BCUT2D eigenvalue weighted by molar-refractivity contribution is 6.36. The van der Waals surface area contributed by atoms with Crippen LogP contribution in [0, 0.1) is 11.8 Å². The molecular weight excluding hydrogens is 405 g/mol. The number of amides is 1. The number of rotatable bonds is 4. The van der Waals surface area contributed by atoms with Crippen LogP contribution in [0.4, 0.5) is 13.2 Å². The topological polar surface area (TPSA) is 43.3 Å². The van der Waals surface area contributed by atoms with Gasteiger partial charge >= 0.3 is 6.18 Å². The van der Waals surface area contributed by atoms with E-state index in [0.717, 1.165) is 18.4 Å². The number of carbonyl (C=O) groups is 1. The van der Waals surface area contributed by atoms with Gasteiger partial charge in [0, 0.05) is 24.7 Å². The van der Waals surface area contributed by atoms with Crippen molar-refractivity contribution in [2.75, 3.05) is 13.2 Å². The summed E-state index contributed by atoms with van der Waals surface area (Å²) in [5, 5.41) is 3.97. The van der Waals surface area contributed by atoms with Gasteiger partial charge in [0.2, 0.25) is 0 Å². The summed E-state index contributed by atoms with van der Waals surface area (Å²) in [7, 11) is 0. The van der Waals surface area contributed by atoms with Crippen LogP contribution in [-0.2, 0) is 4.74 Å². The van der Waals surface area contributed by atoms with Crippen molar-refractivity contribution >= 4 is 28.4 Å². The average molecular weight is 429 g/mol. The monoisotopic (exact) mass is 428 g/mol. The smallest absolute Gasteiger partial charge is 0.358 e. The lowest BCUT2D eigenvalue weighted by Crippen LogP contribution is -2.35. The van der Waals surface area contributed by atoms with Gasteiger partial charge in [0.25, 0.3) is 5.91 Å². The third-order valence-electron chi connectivity index (χ3n) is 6.06. The second kappa shape index (κ2) is 8.19. The molecule has 1 aliphatic heterocycles. The summed E-state index contributed by atoms with van der Waals surface area (Å²) >= 11 is 6.39. The highest BCUT2D eigenvalue weighted by atomic mass is 35.5. The average Bonchev–Trinajstić information content (AvgIpc) is 3.34. The maximum atomic E-state index is 13.0. The Bertz CT molecular complexity index is 890. The van der Waals surface area contributed by atoms with Crippen LogP contribution in [0.3, 0.4) is 0 Å². The summed E-state index contributed by atoms with van der Waals surface area (Å²) in [5.74, 6) is -1.75. The van der Waals surface area contributed by atoms with Crippen LogP contribution < -0.4 is 5.32 Å². The maximum absolute atomic E-state index is 13.0. The van der Waals surface area contributed by atoms with Crippen molar-refractivity contribution in [2.24, 2.45) is 11.8 Å². The highest BCUT2D eigenvalue weighted by Gasteiger charge is 2.42. The Morgan fingerprint density at radius 1 is 1.24 bits per heavy atom. The van der Waals surface area contributed by atoms with Crippen LogP contribution in [0.1, 0.15) is 55.1 Å². The van der Waals surface area contributed by atoms with Gasteiger partial charge in [-0.2, -0.15) is 13.2 Å². The molecule has 1 saturated carbocycles. The number of aromatic nitrogens is 1. The summed E-state index contributed by atoms with van der Waals surface area (Å²) in [4.78, 5) is 12.9. The van der Waals surface area contributed by atoms with E-state index in [4.69, 9.17) is 16.3 Å². The number of alkyl halides is 3. The number of nitrogens with zero attached hydrogens (tertiary/aromatic N) is 1. The van der Waals surface area contributed by atoms with Crippen LogP contribution in [-0.4, -0.2) is 29.8 Å². The number of carbonyl (C=O) groups excluding carboxylic acids is 1. The van der Waals surface area contributed by atoms with Crippen molar-refractivity contribution in [3.05, 3.63) is 35.0 Å². The van der Waals surface area contributed by atoms with Crippen LogP contribution in [0.5, 0.6) is 0 Å². The van der Waals surface area contributed by atoms with Crippen LogP contribution in [0.25, 0.3) is 10.9 Å². The first-order valence-corrected chi connectivity index (χ1v) is 10.5. The number of hydrogen-bond donors (Lipinski definition) is 1. The number of benzene rings is 1. The molecule has 1 N–H and O–H groups in total. The van der Waals surface area contributed by atoms with Gasteiger partial charge in [0.05, 0.1) is 22.0 Å². The highest BCUT2D eigenvalue weighted by Crippen LogP contribution is 2.40. The predicted molar refractivity (Wildman–Crippen MR) is 105 cm³/mol. The number of halogens is 4. The fraction of sp³-hybridized carbons (Fsp3) is 0.571. The van der Waals surface area contributed by atoms with Crippen molar-refractivity contribution in [3.63, 3.8) is 0 Å². The third-order valence-corrected chi connectivity index (χ3v) is 6.38. The number of nitrogens with one attached hydrogen (secondary N) is 1. The Balaban J connectivity index is 1.51. The first-order valence-electron chi connectivity index (χ1n) is 10.1. The lowest BCUT2D eigenvalue weighted by atomic mass is 9.81. The molecule has 158 valence electrons. The predicted octanol–water partition coefficient (Wildman–Crippen LogP) is 5.70. The second-order valence-corrected chi connectivity index (χ2v) is 8.44. The maximum Gasteiger partial charge on any atom is 0.391 e. The Kier molecular flexibility index (Phi) is 5.80. The first kappa shape index (κ1) is 20.5. The minimum absolute atomic E-state index is 0.0716. The molecule has 1 aromatic carbocycles. The molecule has 3 unspecified atom stereocenters. The van der Waals surface area contributed by atoms with Crippen LogP contribution in [0.15, 0.2) is 24.4 Å². The molecule has 2 aromatic rings. The van der Waals surface area contributed by atoms with Gasteiger partial charge in [-0.1, -0.05) is 24.1 Å². The van der Waals surface area contributed by atoms with Crippen molar-refractivity contribution in [2.45, 2.75) is 50.9 Å². The zero-order valence-corrected chi connectivity index (χ0v) is 16.7. The standard InChI is InChI=1S/C21H24ClF3N2O2/c22-16-6-2-7-17-19(16)15(12-27(17)18-8-3-9-29-18)20(28)26-11-13-4-1-5-14(10-13)21(23,24)25/h2,6-7,12-14,18H,1,3-5,8-11H2,(H,26,28). The Hall–Kier alpha value is -1.73. The second-order valence-electron chi connectivity index (χ2n) is 8.03. The van der Waals surface area contributed by atoms with E-state index >= 15 is 0 Å². The molecule has 2 aliphatic rings. The van der Waals surface area contributed by atoms with Gasteiger partial charge in [-0.25, -0.2) is 0 Å². The fourth-order valence-corrected chi connectivity index (χ4v) is 4.84. The number of hydrogen-bond acceptors (Lipinski definition) is 2. The van der Waals surface area contributed by atoms with E-state index in [1.807, 2.05) is 16.7 Å². The molecule has 1 aliphatic carbocycles. The molecule has 3 atom stereocenters. The van der Waals surface area contributed by atoms with Crippen LogP contribution in [0.2, 0.25) is 5.02 Å². The van der Waals surface area contributed by atoms with Gasteiger partial charge in [0.1, 0.15) is 6.23 Å². The molecule has 1 saturated heterocycles. The molecule has 0 radical (unpaired) electrons. The first-order chi connectivity index (χ1) is 13.8. The lowest BCUT2D eigenvalue weighted by Gasteiger charge is -2.30. The fourth-order valence-electron chi connectivity index (χ4n) is 4.56. The molecule has 1 amide bonds. The van der Waals surface area contributed by atoms with E-state index < -0.39 is 12.1 Å². The van der Waals surface area contributed by atoms with E-state index in [1.54, 1.807) is 12.3 Å². The van der Waals surface area contributed by atoms with E-state index in [9.17, 15) is 18.0 Å². The van der Waals surface area contributed by atoms with E-state index in [-0.39, 0.29) is 37.4 Å². The molecule has 29 heavy (non-hydrogen) atoms. The van der Waals surface area contributed by atoms with E-state index in [1.165, 1.54) is 0 Å². The molecule has 1 aromatic heterocycles. The van der Waals surface area contributed by atoms with Gasteiger partial charge in [0.15, 0.2) is 0 Å². The number of ether oxygens (including phenoxy) is 1. The minimum Gasteiger partial charge on any atom is -0.358 e. The van der Waals surface area contributed by atoms with E-state index in [2.05, 4.69) is 5.32 Å². The molecule has 2 heterocycles. The molecule has 0 spiro atoms. The summed E-state index contributed by atoms with van der Waals surface area (Å²) < 4.78 is 46.8. The van der Waals surface area contributed by atoms with Crippen molar-refractivity contribution in [1.82, 2.24) is 9.88 Å². The van der Waals surface area contributed by atoms with Crippen molar-refractivity contribution < 1.29 is 22.7 Å². The minimum atomic E-state index is -4.16. The SMILES string of the molecule is O=C(NCC1CCCC(C(F)(F)F)C1)c1cn(C2CCCO2)c2cccc(Cl)c12. The molecular formula is C21H24ClF3N2O2. The Morgan fingerprint density at radius 3 is 2.79 bits per heavy atom. The third kappa shape index (κ3) is 4.26. The largest absolute Gasteiger partial charge is 0.391 e. The summed E-state index contributed by atoms with van der Waals surface area (Å²) in [6.07, 6.45) is 0.753. The molecule has 0 bridgehead atoms. The molecule has 8 heteroatoms. The van der Waals surface area contributed by atoms with E-state index in [0.29, 0.717) is 35.4 Å². The van der Waals surface area contributed by atoms with Gasteiger partial charge in [-0.15, -0.1) is 0 Å². The van der Waals surface area contributed by atoms with Crippen molar-refractivity contribution in [3.8, 4) is 0 Å². The quantitative estimate of drug-likeness (QED) is 0.678. The van der Waals surface area contributed by atoms with Crippen molar-refractivity contribution in [1.29, 1.82) is 0 Å². The normalized spacial score (nSPS) is 25.4. The number of fused-ring (bicyclic) bond motifs is 1. The summed E-state index contributed by atoms with van der Waals surface area (Å²) in [6.45, 7) is 0.914. The summed E-state index contributed by atoms with van der Waals surface area (Å²) in [5.41, 5.74) is 1.26. The zero-order chi connectivity index (χ0) is 20.6. The molecule has 2 fully saturated rings. The zero-order valence-electron chi connectivity index (χ0n) is 16.0. The van der Waals surface area contributed by atoms with Gasteiger partial charge in [-0.3, -0.25) is 4.79 Å². The molecule has 4 nitrogen and oxygen atoms in total. The Labute approximate surface area is 172 Å². The van der Waals surface area contributed by atoms with Gasteiger partial charge in [-0.05, 0) is 50.2 Å². The summed E-state index contributed by atoms with van der Waals surface area (Å²) in [6, 6.07) is 5.46. The van der Waals surface area contributed by atoms with Gasteiger partial charge < -0.3 is 14.6 Å². The Morgan fingerprint density at radius 2 is 2.07 bits per heavy atom. The van der Waals surface area contributed by atoms with Crippen LogP contribution >= 0.6 is 11.6 Å². The lowest BCUT2D eigenvalue weighted by molar-refractivity contribution is -0.185. The molecule has 4 rings (SSSR count).